The molecule has 0 aliphatic carbocycles. The molecule has 1 N–H and O–H groups in total. The van der Waals surface area contributed by atoms with E-state index in [4.69, 9.17) is 5.11 Å². The van der Waals surface area contributed by atoms with Gasteiger partial charge in [-0.15, -0.1) is 0 Å². The minimum atomic E-state index is -0.939. The van der Waals surface area contributed by atoms with Crippen molar-refractivity contribution in [1.82, 2.24) is 4.98 Å². The van der Waals surface area contributed by atoms with Crippen molar-refractivity contribution in [2.24, 2.45) is 0 Å². The fourth-order valence-corrected chi connectivity index (χ4v) is 2.07. The number of hydrogen-bond donors (Lipinski definition) is 1. The second-order valence-corrected chi connectivity index (χ2v) is 4.89. The normalized spacial score (nSPS) is 10.8. The second kappa shape index (κ2) is 6.70. The van der Waals surface area contributed by atoms with Crippen LogP contribution < -0.4 is 4.90 Å². The number of carbonyl (C=O) groups is 1. The molecule has 2 rings (SSSR count). The highest BCUT2D eigenvalue weighted by molar-refractivity contribution is 5.85. The Balaban J connectivity index is 2.14. The molecule has 0 spiro atoms. The Morgan fingerprint density at radius 2 is 2.14 bits per heavy atom. The molecule has 4 nitrogen and oxygen atoms in total. The van der Waals surface area contributed by atoms with Crippen molar-refractivity contribution in [1.29, 1.82) is 0 Å². The summed E-state index contributed by atoms with van der Waals surface area (Å²) in [6.45, 7) is 2.70. The van der Waals surface area contributed by atoms with Crippen LogP contribution in [-0.2, 0) is 11.3 Å². The van der Waals surface area contributed by atoms with Crippen molar-refractivity contribution >= 4 is 17.7 Å². The summed E-state index contributed by atoms with van der Waals surface area (Å²) in [6.07, 6.45) is 4.55. The van der Waals surface area contributed by atoms with Gasteiger partial charge in [-0.05, 0) is 48.4 Å². The van der Waals surface area contributed by atoms with Gasteiger partial charge in [-0.3, -0.25) is 4.98 Å². The van der Waals surface area contributed by atoms with E-state index in [9.17, 15) is 4.79 Å². The Labute approximate surface area is 124 Å². The molecule has 4 heteroatoms. The van der Waals surface area contributed by atoms with Gasteiger partial charge in [-0.25, -0.2) is 4.79 Å². The van der Waals surface area contributed by atoms with E-state index in [2.05, 4.69) is 9.88 Å². The van der Waals surface area contributed by atoms with Gasteiger partial charge in [0.05, 0.1) is 12.2 Å². The van der Waals surface area contributed by atoms with Gasteiger partial charge in [0.15, 0.2) is 0 Å². The first-order valence-electron chi connectivity index (χ1n) is 6.69. The van der Waals surface area contributed by atoms with Gasteiger partial charge in [0.25, 0.3) is 0 Å². The molecular formula is C17H18N2O2. The van der Waals surface area contributed by atoms with E-state index < -0.39 is 5.97 Å². The number of benzene rings is 1. The first-order valence-corrected chi connectivity index (χ1v) is 6.69. The highest BCUT2D eigenvalue weighted by Crippen LogP contribution is 2.20. The number of rotatable bonds is 5. The van der Waals surface area contributed by atoms with Crippen molar-refractivity contribution in [3.63, 3.8) is 0 Å². The van der Waals surface area contributed by atoms with Crippen LogP contribution in [0.25, 0.3) is 6.08 Å². The van der Waals surface area contributed by atoms with Crippen LogP contribution in [0.3, 0.4) is 0 Å². The number of aryl methyl sites for hydroxylation is 1. The summed E-state index contributed by atoms with van der Waals surface area (Å²) in [5, 5.41) is 8.67. The van der Waals surface area contributed by atoms with Gasteiger partial charge < -0.3 is 10.0 Å². The van der Waals surface area contributed by atoms with Gasteiger partial charge in [0.1, 0.15) is 0 Å². The molecule has 21 heavy (non-hydrogen) atoms. The number of nitrogens with zero attached hydrogens (tertiary/aromatic N) is 2. The minimum absolute atomic E-state index is 0.727. The van der Waals surface area contributed by atoms with E-state index in [1.165, 1.54) is 0 Å². The van der Waals surface area contributed by atoms with Crippen LogP contribution in [0.1, 0.15) is 16.8 Å². The summed E-state index contributed by atoms with van der Waals surface area (Å²) in [4.78, 5) is 17.0. The van der Waals surface area contributed by atoms with Gasteiger partial charge in [0, 0.05) is 25.0 Å². The number of carboxylic acid groups (broad SMARTS) is 1. The standard InChI is InChI=1S/C17H18N2O2/c1-13-11-16(8-6-14(13)7-9-17(20)21)19(2)12-15-5-3-4-10-18-15/h3-11H,12H2,1-2H3,(H,20,21). The Bertz CT molecular complexity index is 651. The van der Waals surface area contributed by atoms with Crippen molar-refractivity contribution in [2.45, 2.75) is 13.5 Å². The second-order valence-electron chi connectivity index (χ2n) is 4.89. The number of anilines is 1. The van der Waals surface area contributed by atoms with Crippen LogP contribution in [-0.4, -0.2) is 23.1 Å². The van der Waals surface area contributed by atoms with E-state index in [1.807, 2.05) is 50.4 Å². The maximum atomic E-state index is 10.6. The smallest absolute Gasteiger partial charge is 0.328 e. The van der Waals surface area contributed by atoms with E-state index >= 15 is 0 Å². The molecule has 0 radical (unpaired) electrons. The zero-order valence-corrected chi connectivity index (χ0v) is 12.2. The molecule has 1 aromatic heterocycles. The molecule has 0 bridgehead atoms. The van der Waals surface area contributed by atoms with Crippen molar-refractivity contribution < 1.29 is 9.90 Å². The number of carboxylic acids is 1. The summed E-state index contributed by atoms with van der Waals surface area (Å²) in [7, 11) is 2.01. The lowest BCUT2D eigenvalue weighted by Crippen LogP contribution is -2.17. The van der Waals surface area contributed by atoms with Gasteiger partial charge in [0.2, 0.25) is 0 Å². The minimum Gasteiger partial charge on any atom is -0.478 e. The molecule has 0 saturated carbocycles. The van der Waals surface area contributed by atoms with Crippen molar-refractivity contribution in [3.05, 3.63) is 65.5 Å². The van der Waals surface area contributed by atoms with E-state index in [1.54, 1.807) is 12.3 Å². The SMILES string of the molecule is Cc1cc(N(C)Cc2ccccn2)ccc1C=CC(=O)O. The zero-order valence-electron chi connectivity index (χ0n) is 12.2. The summed E-state index contributed by atoms with van der Waals surface area (Å²) in [5.74, 6) is -0.939. The Morgan fingerprint density at radius 1 is 1.33 bits per heavy atom. The Morgan fingerprint density at radius 3 is 2.76 bits per heavy atom. The molecule has 1 aromatic carbocycles. The van der Waals surface area contributed by atoms with Crippen LogP contribution in [0.5, 0.6) is 0 Å². The highest BCUT2D eigenvalue weighted by atomic mass is 16.4. The third kappa shape index (κ3) is 4.18. The number of pyridine rings is 1. The maximum Gasteiger partial charge on any atom is 0.328 e. The molecule has 0 saturated heterocycles. The Kier molecular flexibility index (Phi) is 4.72. The van der Waals surface area contributed by atoms with Gasteiger partial charge in [-0.1, -0.05) is 12.1 Å². The van der Waals surface area contributed by atoms with Gasteiger partial charge in [-0.2, -0.15) is 0 Å². The molecule has 108 valence electrons. The summed E-state index contributed by atoms with van der Waals surface area (Å²) >= 11 is 0. The third-order valence-electron chi connectivity index (χ3n) is 3.22. The average molecular weight is 282 g/mol. The van der Waals surface area contributed by atoms with Crippen LogP contribution in [0.15, 0.2) is 48.7 Å². The molecule has 0 aliphatic heterocycles. The molecule has 0 amide bonds. The largest absolute Gasteiger partial charge is 0.478 e. The van der Waals surface area contributed by atoms with Crippen LogP contribution in [0, 0.1) is 6.92 Å². The monoisotopic (exact) mass is 282 g/mol. The lowest BCUT2D eigenvalue weighted by Gasteiger charge is -2.20. The quantitative estimate of drug-likeness (QED) is 0.856. The lowest BCUT2D eigenvalue weighted by molar-refractivity contribution is -0.131. The van der Waals surface area contributed by atoms with Crippen LogP contribution >= 0.6 is 0 Å². The molecule has 1 heterocycles. The maximum absolute atomic E-state index is 10.6. The number of aromatic nitrogens is 1. The molecule has 0 unspecified atom stereocenters. The first kappa shape index (κ1) is 14.8. The molecule has 0 fully saturated rings. The first-order chi connectivity index (χ1) is 10.1. The predicted octanol–water partition coefficient (Wildman–Crippen LogP) is 3.12. The molecule has 0 aliphatic rings. The Hall–Kier alpha value is -2.62. The summed E-state index contributed by atoms with van der Waals surface area (Å²) in [6, 6.07) is 11.8. The van der Waals surface area contributed by atoms with Crippen LogP contribution in [0.4, 0.5) is 5.69 Å². The summed E-state index contributed by atoms with van der Waals surface area (Å²) < 4.78 is 0. The predicted molar refractivity (Wildman–Crippen MR) is 84.2 cm³/mol. The third-order valence-corrected chi connectivity index (χ3v) is 3.22. The van der Waals surface area contributed by atoms with Gasteiger partial charge >= 0.3 is 5.97 Å². The van der Waals surface area contributed by atoms with Crippen molar-refractivity contribution in [3.8, 4) is 0 Å². The van der Waals surface area contributed by atoms with Crippen molar-refractivity contribution in [2.75, 3.05) is 11.9 Å². The van der Waals surface area contributed by atoms with E-state index in [0.29, 0.717) is 0 Å². The fraction of sp³-hybridized carbons (Fsp3) is 0.176. The summed E-state index contributed by atoms with van der Waals surface area (Å²) in [5.41, 5.74) is 4.03. The topological polar surface area (TPSA) is 53.4 Å². The van der Waals surface area contributed by atoms with E-state index in [0.717, 1.165) is 35.1 Å². The highest BCUT2D eigenvalue weighted by Gasteiger charge is 2.05. The number of aliphatic carboxylic acids is 1. The number of hydrogen-bond acceptors (Lipinski definition) is 3. The molecular weight excluding hydrogens is 264 g/mol. The lowest BCUT2D eigenvalue weighted by atomic mass is 10.1. The zero-order chi connectivity index (χ0) is 15.2. The fourth-order valence-electron chi connectivity index (χ4n) is 2.07. The average Bonchev–Trinajstić information content (AvgIpc) is 2.46. The van der Waals surface area contributed by atoms with Crippen LogP contribution in [0.2, 0.25) is 0 Å². The molecule has 0 atom stereocenters. The molecule has 2 aromatic rings. The van der Waals surface area contributed by atoms with E-state index in [-0.39, 0.29) is 0 Å².